The maximum atomic E-state index is 11.5. The number of hydrogen-bond donors (Lipinski definition) is 0. The Labute approximate surface area is 83.7 Å². The second-order valence-corrected chi connectivity index (χ2v) is 3.01. The van der Waals surface area contributed by atoms with Crippen LogP contribution in [0.4, 0.5) is 0 Å². The van der Waals surface area contributed by atoms with Gasteiger partial charge in [-0.1, -0.05) is 11.6 Å². The SMILES string of the molecule is COCn1nc2ccc(Cl)nn2c1=O. The number of hydrogen-bond acceptors (Lipinski definition) is 4. The molecule has 0 radical (unpaired) electrons. The average molecular weight is 215 g/mol. The van der Waals surface area contributed by atoms with Crippen molar-refractivity contribution in [1.29, 1.82) is 0 Å². The van der Waals surface area contributed by atoms with Gasteiger partial charge in [-0.25, -0.2) is 4.79 Å². The van der Waals surface area contributed by atoms with Gasteiger partial charge in [-0.15, -0.1) is 10.2 Å². The van der Waals surface area contributed by atoms with Crippen molar-refractivity contribution < 1.29 is 4.74 Å². The molecule has 2 heterocycles. The van der Waals surface area contributed by atoms with Crippen molar-refractivity contribution in [3.8, 4) is 0 Å². The second kappa shape index (κ2) is 3.39. The first-order chi connectivity index (χ1) is 6.72. The first-order valence-corrected chi connectivity index (χ1v) is 4.21. The van der Waals surface area contributed by atoms with Crippen LogP contribution in [0.5, 0.6) is 0 Å². The standard InChI is InChI=1S/C7H7ClN4O2/c1-14-4-11-7(13)12-6(10-11)3-2-5(8)9-12/h2-3H,4H2,1H3. The molecular weight excluding hydrogens is 208 g/mol. The van der Waals surface area contributed by atoms with E-state index in [0.717, 1.165) is 4.52 Å². The van der Waals surface area contributed by atoms with E-state index in [1.165, 1.54) is 11.8 Å². The molecule has 0 amide bonds. The van der Waals surface area contributed by atoms with Crippen LogP contribution in [0.2, 0.25) is 5.15 Å². The number of nitrogens with zero attached hydrogens (tertiary/aromatic N) is 4. The third kappa shape index (κ3) is 1.38. The molecule has 0 spiro atoms. The van der Waals surface area contributed by atoms with E-state index < -0.39 is 0 Å². The van der Waals surface area contributed by atoms with Crippen LogP contribution in [0.15, 0.2) is 16.9 Å². The summed E-state index contributed by atoms with van der Waals surface area (Å²) >= 11 is 5.64. The van der Waals surface area contributed by atoms with Gasteiger partial charge in [0.05, 0.1) is 0 Å². The quantitative estimate of drug-likeness (QED) is 0.714. The van der Waals surface area contributed by atoms with Crippen LogP contribution in [0.3, 0.4) is 0 Å². The molecule has 0 saturated carbocycles. The number of rotatable bonds is 2. The second-order valence-electron chi connectivity index (χ2n) is 2.63. The molecule has 7 heteroatoms. The van der Waals surface area contributed by atoms with Crippen LogP contribution >= 0.6 is 11.6 Å². The molecule has 0 aliphatic rings. The molecule has 0 saturated heterocycles. The summed E-state index contributed by atoms with van der Waals surface area (Å²) < 4.78 is 7.09. The van der Waals surface area contributed by atoms with Crippen LogP contribution in [0, 0.1) is 0 Å². The molecule has 0 atom stereocenters. The van der Waals surface area contributed by atoms with Gasteiger partial charge < -0.3 is 4.74 Å². The molecule has 0 aromatic carbocycles. The van der Waals surface area contributed by atoms with E-state index in [1.807, 2.05) is 0 Å². The van der Waals surface area contributed by atoms with Crippen molar-refractivity contribution in [2.75, 3.05) is 7.11 Å². The molecule has 14 heavy (non-hydrogen) atoms. The van der Waals surface area contributed by atoms with E-state index in [4.69, 9.17) is 16.3 Å². The zero-order valence-corrected chi connectivity index (χ0v) is 8.10. The van der Waals surface area contributed by atoms with Gasteiger partial charge in [0.25, 0.3) is 0 Å². The first kappa shape index (κ1) is 9.17. The predicted octanol–water partition coefficient (Wildman–Crippen LogP) is 0.148. The number of halogens is 1. The van der Waals surface area contributed by atoms with Gasteiger partial charge >= 0.3 is 5.69 Å². The molecule has 74 valence electrons. The Kier molecular flexibility index (Phi) is 2.22. The highest BCUT2D eigenvalue weighted by Gasteiger charge is 2.06. The van der Waals surface area contributed by atoms with Crippen molar-refractivity contribution in [3.05, 3.63) is 27.8 Å². The van der Waals surface area contributed by atoms with Gasteiger partial charge in [-0.05, 0) is 12.1 Å². The van der Waals surface area contributed by atoms with E-state index >= 15 is 0 Å². The fraction of sp³-hybridized carbons (Fsp3) is 0.286. The maximum Gasteiger partial charge on any atom is 0.369 e. The summed E-state index contributed by atoms with van der Waals surface area (Å²) in [5, 5.41) is 8.02. The average Bonchev–Trinajstić information content (AvgIpc) is 2.46. The van der Waals surface area contributed by atoms with E-state index in [1.54, 1.807) is 12.1 Å². The lowest BCUT2D eigenvalue weighted by atomic mass is 10.6. The zero-order valence-electron chi connectivity index (χ0n) is 7.35. The highest BCUT2D eigenvalue weighted by atomic mass is 35.5. The molecule has 2 aromatic heterocycles. The molecule has 0 N–H and O–H groups in total. The Balaban J connectivity index is 2.68. The normalized spacial score (nSPS) is 11.0. The minimum Gasteiger partial charge on any atom is -0.362 e. The fourth-order valence-corrected chi connectivity index (χ4v) is 1.23. The van der Waals surface area contributed by atoms with E-state index in [2.05, 4.69) is 10.2 Å². The maximum absolute atomic E-state index is 11.5. The summed E-state index contributed by atoms with van der Waals surface area (Å²) in [6, 6.07) is 3.18. The lowest BCUT2D eigenvalue weighted by Crippen LogP contribution is -2.23. The number of methoxy groups -OCH3 is 1. The predicted molar refractivity (Wildman–Crippen MR) is 49.3 cm³/mol. The third-order valence-electron chi connectivity index (χ3n) is 1.66. The van der Waals surface area contributed by atoms with Crippen LogP contribution in [-0.4, -0.2) is 26.5 Å². The number of fused-ring (bicyclic) bond motifs is 1. The molecule has 0 bridgehead atoms. The molecule has 0 fully saturated rings. The number of ether oxygens (including phenoxy) is 1. The van der Waals surface area contributed by atoms with Gasteiger partial charge in [0.1, 0.15) is 11.9 Å². The Morgan fingerprint density at radius 2 is 2.29 bits per heavy atom. The summed E-state index contributed by atoms with van der Waals surface area (Å²) in [5.41, 5.74) is 0.0702. The Hall–Kier alpha value is -1.40. The fourth-order valence-electron chi connectivity index (χ4n) is 1.09. The largest absolute Gasteiger partial charge is 0.369 e. The van der Waals surface area contributed by atoms with Gasteiger partial charge in [0.15, 0.2) is 5.65 Å². The van der Waals surface area contributed by atoms with Crippen molar-refractivity contribution in [2.24, 2.45) is 0 Å². The minimum atomic E-state index is -0.371. The van der Waals surface area contributed by atoms with Crippen molar-refractivity contribution in [1.82, 2.24) is 19.4 Å². The molecule has 0 aliphatic heterocycles. The summed E-state index contributed by atoms with van der Waals surface area (Å²) in [5.74, 6) is 0. The van der Waals surface area contributed by atoms with Gasteiger partial charge in [0, 0.05) is 7.11 Å². The molecule has 2 aromatic rings. The highest BCUT2D eigenvalue weighted by Crippen LogP contribution is 2.02. The highest BCUT2D eigenvalue weighted by molar-refractivity contribution is 6.29. The summed E-state index contributed by atoms with van der Waals surface area (Å²) in [7, 11) is 1.48. The smallest absolute Gasteiger partial charge is 0.362 e. The van der Waals surface area contributed by atoms with E-state index in [-0.39, 0.29) is 17.6 Å². The van der Waals surface area contributed by atoms with Crippen molar-refractivity contribution >= 4 is 17.2 Å². The lowest BCUT2D eigenvalue weighted by Gasteiger charge is -1.92. The van der Waals surface area contributed by atoms with Gasteiger partial charge in [0.2, 0.25) is 0 Å². The first-order valence-electron chi connectivity index (χ1n) is 3.83. The minimum absolute atomic E-state index is 0.0970. The third-order valence-corrected chi connectivity index (χ3v) is 1.86. The Bertz CT molecular complexity index is 518. The molecular formula is C7H7ClN4O2. The van der Waals surface area contributed by atoms with Crippen LogP contribution in [-0.2, 0) is 11.5 Å². The molecule has 0 unspecified atom stereocenters. The Morgan fingerprint density at radius 1 is 1.50 bits per heavy atom. The Morgan fingerprint density at radius 3 is 3.00 bits per heavy atom. The van der Waals surface area contributed by atoms with Gasteiger partial charge in [-0.3, -0.25) is 0 Å². The van der Waals surface area contributed by atoms with Crippen LogP contribution in [0.1, 0.15) is 0 Å². The topological polar surface area (TPSA) is 61.4 Å². The van der Waals surface area contributed by atoms with E-state index in [0.29, 0.717) is 5.65 Å². The van der Waals surface area contributed by atoms with Crippen molar-refractivity contribution in [3.63, 3.8) is 0 Å². The number of aromatic nitrogens is 4. The lowest BCUT2D eigenvalue weighted by molar-refractivity contribution is 0.117. The summed E-state index contributed by atoms with van der Waals surface area (Å²) in [6.07, 6.45) is 0. The summed E-state index contributed by atoms with van der Waals surface area (Å²) in [6.45, 7) is 0.0970. The monoisotopic (exact) mass is 214 g/mol. The molecule has 2 rings (SSSR count). The van der Waals surface area contributed by atoms with E-state index in [9.17, 15) is 4.79 Å². The molecule has 0 aliphatic carbocycles. The molecule has 6 nitrogen and oxygen atoms in total. The summed E-state index contributed by atoms with van der Waals surface area (Å²) in [4.78, 5) is 11.5. The van der Waals surface area contributed by atoms with Crippen LogP contribution in [0.25, 0.3) is 5.65 Å². The zero-order chi connectivity index (χ0) is 10.1. The van der Waals surface area contributed by atoms with Gasteiger partial charge in [-0.2, -0.15) is 9.20 Å². The van der Waals surface area contributed by atoms with Crippen molar-refractivity contribution in [2.45, 2.75) is 6.73 Å². The van der Waals surface area contributed by atoms with Crippen LogP contribution < -0.4 is 5.69 Å².